The fourth-order valence-corrected chi connectivity index (χ4v) is 1.86. The van der Waals surface area contributed by atoms with Gasteiger partial charge in [-0.1, -0.05) is 36.4 Å². The van der Waals surface area contributed by atoms with E-state index in [0.29, 0.717) is 0 Å². The van der Waals surface area contributed by atoms with Gasteiger partial charge in [-0.2, -0.15) is 0 Å². The van der Waals surface area contributed by atoms with E-state index >= 15 is 0 Å². The molecule has 1 N–H and O–H groups in total. The Morgan fingerprint density at radius 3 is 2.70 bits per heavy atom. The van der Waals surface area contributed by atoms with Gasteiger partial charge in [0.05, 0.1) is 5.52 Å². The second-order valence-corrected chi connectivity index (χ2v) is 4.17. The topological polar surface area (TPSA) is 47.0 Å². The largest absolute Gasteiger partial charge is 0.382 e. The molecule has 4 nitrogen and oxygen atoms in total. The fraction of sp³-hybridized carbons (Fsp3) is 0. The maximum Gasteiger partial charge on any atom is 0.162 e. The summed E-state index contributed by atoms with van der Waals surface area (Å²) in [5.41, 5.74) is 4.77. The van der Waals surface area contributed by atoms with E-state index in [9.17, 15) is 0 Å². The van der Waals surface area contributed by atoms with Crippen LogP contribution in [0, 0.1) is 0 Å². The average molecular weight is 263 g/mol. The Labute approximate surface area is 116 Å². The number of nitrogens with one attached hydrogen (secondary N) is 1. The Balaban J connectivity index is 0.000000121. The predicted molar refractivity (Wildman–Crippen MR) is 78.8 cm³/mol. The lowest BCUT2D eigenvalue weighted by Gasteiger charge is -2.11. The Morgan fingerprint density at radius 2 is 1.80 bits per heavy atom. The van der Waals surface area contributed by atoms with Crippen molar-refractivity contribution in [1.29, 1.82) is 0 Å². The summed E-state index contributed by atoms with van der Waals surface area (Å²) in [6.45, 7) is 0. The van der Waals surface area contributed by atoms with Crippen molar-refractivity contribution in [2.45, 2.75) is 0 Å². The van der Waals surface area contributed by atoms with Crippen molar-refractivity contribution in [3.05, 3.63) is 72.8 Å². The van der Waals surface area contributed by atoms with Gasteiger partial charge in [-0.25, -0.2) is 15.4 Å². The molecule has 1 aliphatic rings. The van der Waals surface area contributed by atoms with Crippen molar-refractivity contribution in [2.24, 2.45) is 0 Å². The maximum atomic E-state index is 5.09. The van der Waals surface area contributed by atoms with E-state index in [-0.39, 0.29) is 0 Å². The van der Waals surface area contributed by atoms with Crippen LogP contribution in [0.25, 0.3) is 17.0 Å². The van der Waals surface area contributed by atoms with Crippen molar-refractivity contribution in [2.75, 3.05) is 0 Å². The lowest BCUT2D eigenvalue weighted by atomic mass is 10.2. The summed E-state index contributed by atoms with van der Waals surface area (Å²) in [6.07, 6.45) is 7.10. The maximum absolute atomic E-state index is 5.09. The van der Waals surface area contributed by atoms with Gasteiger partial charge >= 0.3 is 0 Å². The van der Waals surface area contributed by atoms with E-state index in [4.69, 9.17) is 4.84 Å². The highest BCUT2D eigenvalue weighted by molar-refractivity contribution is 5.76. The van der Waals surface area contributed by atoms with Crippen LogP contribution in [0.15, 0.2) is 67.3 Å². The number of hydrogen-bond acceptors (Lipinski definition) is 4. The van der Waals surface area contributed by atoms with Crippen LogP contribution in [0.1, 0.15) is 5.56 Å². The lowest BCUT2D eigenvalue weighted by molar-refractivity contribution is 0.239. The van der Waals surface area contributed by atoms with Crippen molar-refractivity contribution < 1.29 is 4.84 Å². The average Bonchev–Trinajstić information content (AvgIpc) is 2.56. The van der Waals surface area contributed by atoms with Gasteiger partial charge in [0.1, 0.15) is 6.33 Å². The zero-order valence-electron chi connectivity index (χ0n) is 10.7. The number of nitrogens with zero attached hydrogens (tertiary/aromatic N) is 2. The molecule has 2 aromatic carbocycles. The molecule has 0 fully saturated rings. The summed E-state index contributed by atoms with van der Waals surface area (Å²) in [7, 11) is 0. The summed E-state index contributed by atoms with van der Waals surface area (Å²) >= 11 is 0. The molecule has 1 aromatic heterocycles. The molecular weight excluding hydrogens is 250 g/mol. The van der Waals surface area contributed by atoms with Gasteiger partial charge in [0, 0.05) is 23.3 Å². The second kappa shape index (κ2) is 5.84. The van der Waals surface area contributed by atoms with Crippen LogP contribution in [-0.2, 0) is 0 Å². The number of hydrogen-bond donors (Lipinski definition) is 1. The number of hydroxylamine groups is 1. The van der Waals surface area contributed by atoms with Crippen molar-refractivity contribution >= 4 is 17.0 Å². The Kier molecular flexibility index (Phi) is 3.55. The van der Waals surface area contributed by atoms with E-state index in [0.717, 1.165) is 22.2 Å². The summed E-state index contributed by atoms with van der Waals surface area (Å²) in [6, 6.07) is 15.8. The molecule has 98 valence electrons. The standard InChI is InChI=1S/C8H6N2.C8H7NO/c1-2-4-8-7(3-1)5-9-6-10-8;1-2-4-8-7(3-1)5-6-9-10-8/h1-6H;1-6,9H. The molecule has 0 saturated carbocycles. The number of fused-ring (bicyclic) bond motifs is 2. The van der Waals surface area contributed by atoms with E-state index in [1.54, 1.807) is 12.5 Å². The van der Waals surface area contributed by atoms with Gasteiger partial charge in [0.2, 0.25) is 0 Å². The third kappa shape index (κ3) is 2.75. The third-order valence-corrected chi connectivity index (χ3v) is 2.83. The molecule has 3 aromatic rings. The molecule has 1 aliphatic heterocycles. The Morgan fingerprint density at radius 1 is 0.950 bits per heavy atom. The molecule has 4 rings (SSSR count). The van der Waals surface area contributed by atoms with E-state index in [1.165, 1.54) is 0 Å². The zero-order valence-corrected chi connectivity index (χ0v) is 10.7. The minimum absolute atomic E-state index is 0.880. The molecule has 0 atom stereocenters. The monoisotopic (exact) mass is 263 g/mol. The second-order valence-electron chi connectivity index (χ2n) is 4.17. The number of aromatic nitrogens is 2. The van der Waals surface area contributed by atoms with Crippen LogP contribution in [0.4, 0.5) is 0 Å². The van der Waals surface area contributed by atoms with Crippen LogP contribution in [0.2, 0.25) is 0 Å². The van der Waals surface area contributed by atoms with Crippen LogP contribution in [0.3, 0.4) is 0 Å². The summed E-state index contributed by atoms with van der Waals surface area (Å²) in [5, 5.41) is 1.09. The van der Waals surface area contributed by atoms with Crippen LogP contribution >= 0.6 is 0 Å². The van der Waals surface area contributed by atoms with Crippen LogP contribution in [-0.4, -0.2) is 9.97 Å². The van der Waals surface area contributed by atoms with Gasteiger partial charge in [0.25, 0.3) is 0 Å². The quantitative estimate of drug-likeness (QED) is 0.676. The predicted octanol–water partition coefficient (Wildman–Crippen LogP) is 3.18. The van der Waals surface area contributed by atoms with Gasteiger partial charge < -0.3 is 4.84 Å². The lowest BCUT2D eigenvalue weighted by Crippen LogP contribution is -2.13. The van der Waals surface area contributed by atoms with Gasteiger partial charge in [-0.3, -0.25) is 0 Å². The molecule has 4 heteroatoms. The molecule has 0 unspecified atom stereocenters. The molecule has 0 radical (unpaired) electrons. The smallest absolute Gasteiger partial charge is 0.162 e. The molecule has 0 spiro atoms. The number of para-hydroxylation sites is 2. The van der Waals surface area contributed by atoms with Crippen LogP contribution in [0.5, 0.6) is 5.75 Å². The van der Waals surface area contributed by atoms with Crippen molar-refractivity contribution in [3.8, 4) is 5.75 Å². The first kappa shape index (κ1) is 12.2. The minimum atomic E-state index is 0.880. The number of benzene rings is 2. The van der Waals surface area contributed by atoms with Gasteiger partial charge in [-0.05, 0) is 18.2 Å². The van der Waals surface area contributed by atoms with E-state index < -0.39 is 0 Å². The van der Waals surface area contributed by atoms with Gasteiger partial charge in [-0.15, -0.1) is 0 Å². The van der Waals surface area contributed by atoms with Crippen molar-refractivity contribution in [1.82, 2.24) is 15.4 Å². The molecule has 0 aliphatic carbocycles. The Hall–Kier alpha value is -2.88. The normalized spacial score (nSPS) is 11.6. The van der Waals surface area contributed by atoms with Crippen molar-refractivity contribution in [3.63, 3.8) is 0 Å². The zero-order chi connectivity index (χ0) is 13.6. The molecule has 20 heavy (non-hydrogen) atoms. The molecular formula is C16H13N3O. The molecule has 2 heterocycles. The van der Waals surface area contributed by atoms with E-state index in [2.05, 4.69) is 15.4 Å². The molecule has 0 saturated heterocycles. The summed E-state index contributed by atoms with van der Waals surface area (Å²) in [5.74, 6) is 0.880. The summed E-state index contributed by atoms with van der Waals surface area (Å²) in [4.78, 5) is 13.1. The van der Waals surface area contributed by atoms with Gasteiger partial charge in [0.15, 0.2) is 5.75 Å². The van der Waals surface area contributed by atoms with Crippen LogP contribution < -0.4 is 10.3 Å². The molecule has 0 amide bonds. The summed E-state index contributed by atoms with van der Waals surface area (Å²) < 4.78 is 0. The first-order chi connectivity index (χ1) is 9.93. The SMILES string of the molecule is C1=Cc2ccccc2ON1.c1ccc2ncncc2c1. The number of rotatable bonds is 0. The highest BCUT2D eigenvalue weighted by Crippen LogP contribution is 2.20. The van der Waals surface area contributed by atoms with E-state index in [1.807, 2.05) is 60.8 Å². The molecule has 0 bridgehead atoms. The minimum Gasteiger partial charge on any atom is -0.382 e. The first-order valence-corrected chi connectivity index (χ1v) is 6.26. The highest BCUT2D eigenvalue weighted by atomic mass is 16.6. The fourth-order valence-electron chi connectivity index (χ4n) is 1.86. The highest BCUT2D eigenvalue weighted by Gasteiger charge is 2.01. The first-order valence-electron chi connectivity index (χ1n) is 6.26. The Bertz CT molecular complexity index is 675. The third-order valence-electron chi connectivity index (χ3n) is 2.83.